The minimum absolute atomic E-state index is 0.0358. The van der Waals surface area contributed by atoms with E-state index in [1.165, 1.54) is 6.42 Å². The SMILES string of the molecule is COc1ccc(C(=O)NC[C@H]2C[C@@H]3CCN2C[C@H]3c2cc(-c3ccccc3Br)nc(C)n2)cc1. The largest absolute Gasteiger partial charge is 0.497 e. The van der Waals surface area contributed by atoms with Gasteiger partial charge in [0.05, 0.1) is 12.8 Å². The van der Waals surface area contributed by atoms with Crippen molar-refractivity contribution in [2.24, 2.45) is 5.92 Å². The molecular weight excluding hydrogens is 492 g/mol. The molecule has 4 atom stereocenters. The Labute approximate surface area is 208 Å². The van der Waals surface area contributed by atoms with Crippen LogP contribution < -0.4 is 10.1 Å². The molecule has 6 rings (SSSR count). The second kappa shape index (κ2) is 9.84. The highest BCUT2D eigenvalue weighted by Crippen LogP contribution is 2.42. The normalized spacial score (nSPS) is 23.5. The van der Waals surface area contributed by atoms with Crippen molar-refractivity contribution in [1.29, 1.82) is 0 Å². The quantitative estimate of drug-likeness (QED) is 0.504. The van der Waals surface area contributed by atoms with Gasteiger partial charge in [0.25, 0.3) is 5.91 Å². The molecule has 2 aromatic carbocycles. The topological polar surface area (TPSA) is 67.3 Å². The number of nitrogens with one attached hydrogen (secondary N) is 1. The summed E-state index contributed by atoms with van der Waals surface area (Å²) in [5.74, 6) is 2.48. The molecule has 1 amide bonds. The van der Waals surface area contributed by atoms with Crippen LogP contribution in [-0.2, 0) is 0 Å². The molecule has 0 aliphatic carbocycles. The summed E-state index contributed by atoms with van der Waals surface area (Å²) in [6.45, 7) is 4.69. The summed E-state index contributed by atoms with van der Waals surface area (Å²) in [7, 11) is 1.62. The Morgan fingerprint density at radius 2 is 1.97 bits per heavy atom. The number of carbonyl (C=O) groups excluding carboxylic acids is 1. The number of hydrogen-bond acceptors (Lipinski definition) is 5. The van der Waals surface area contributed by atoms with Crippen LogP contribution in [0.3, 0.4) is 0 Å². The van der Waals surface area contributed by atoms with Gasteiger partial charge in [-0.25, -0.2) is 9.97 Å². The zero-order chi connectivity index (χ0) is 23.7. The summed E-state index contributed by atoms with van der Waals surface area (Å²) in [6.07, 6.45) is 2.24. The van der Waals surface area contributed by atoms with Crippen molar-refractivity contribution in [3.8, 4) is 17.0 Å². The van der Waals surface area contributed by atoms with Gasteiger partial charge in [-0.1, -0.05) is 34.1 Å². The van der Waals surface area contributed by atoms with Crippen LogP contribution in [-0.4, -0.2) is 53.6 Å². The third-order valence-electron chi connectivity index (χ3n) is 7.12. The van der Waals surface area contributed by atoms with E-state index in [1.54, 1.807) is 19.2 Å². The second-order valence-electron chi connectivity index (χ2n) is 9.18. The third-order valence-corrected chi connectivity index (χ3v) is 7.81. The number of rotatable bonds is 6. The fraction of sp³-hybridized carbons (Fsp3) is 0.370. The van der Waals surface area contributed by atoms with E-state index in [1.807, 2.05) is 37.3 Å². The lowest BCUT2D eigenvalue weighted by atomic mass is 9.74. The number of carbonyl (C=O) groups is 1. The first-order chi connectivity index (χ1) is 16.5. The molecule has 3 aliphatic heterocycles. The number of aryl methyl sites for hydroxylation is 1. The summed E-state index contributed by atoms with van der Waals surface area (Å²) in [6, 6.07) is 18.0. The van der Waals surface area contributed by atoms with E-state index >= 15 is 0 Å². The number of ether oxygens (including phenoxy) is 1. The summed E-state index contributed by atoms with van der Waals surface area (Å²) in [5.41, 5.74) is 3.85. The number of hydrogen-bond donors (Lipinski definition) is 1. The van der Waals surface area contributed by atoms with Crippen molar-refractivity contribution in [2.45, 2.75) is 31.7 Å². The van der Waals surface area contributed by atoms with E-state index in [0.29, 0.717) is 30.0 Å². The predicted octanol–water partition coefficient (Wildman–Crippen LogP) is 4.83. The van der Waals surface area contributed by atoms with Gasteiger partial charge in [-0.3, -0.25) is 9.69 Å². The molecule has 0 radical (unpaired) electrons. The zero-order valence-corrected chi connectivity index (χ0v) is 21.1. The third kappa shape index (κ3) is 4.72. The maximum atomic E-state index is 12.6. The number of nitrogens with zero attached hydrogens (tertiary/aromatic N) is 3. The molecule has 3 aromatic rings. The van der Waals surface area contributed by atoms with Crippen LogP contribution in [0, 0.1) is 12.8 Å². The van der Waals surface area contributed by atoms with Crippen molar-refractivity contribution >= 4 is 21.8 Å². The van der Waals surface area contributed by atoms with Gasteiger partial charge < -0.3 is 10.1 Å². The van der Waals surface area contributed by atoms with E-state index in [-0.39, 0.29) is 5.91 Å². The van der Waals surface area contributed by atoms with Gasteiger partial charge in [0.2, 0.25) is 0 Å². The molecule has 4 heterocycles. The van der Waals surface area contributed by atoms with Crippen LogP contribution in [0.15, 0.2) is 59.1 Å². The molecule has 34 heavy (non-hydrogen) atoms. The van der Waals surface area contributed by atoms with Crippen molar-refractivity contribution in [2.75, 3.05) is 26.7 Å². The molecule has 0 spiro atoms. The van der Waals surface area contributed by atoms with Crippen molar-refractivity contribution < 1.29 is 9.53 Å². The number of aromatic nitrogens is 2. The van der Waals surface area contributed by atoms with Crippen LogP contribution in [0.2, 0.25) is 0 Å². The maximum absolute atomic E-state index is 12.6. The van der Waals surface area contributed by atoms with Crippen LogP contribution in [0.4, 0.5) is 0 Å². The highest BCUT2D eigenvalue weighted by atomic mass is 79.9. The number of fused-ring (bicyclic) bond motifs is 3. The first-order valence-corrected chi connectivity index (χ1v) is 12.6. The van der Waals surface area contributed by atoms with E-state index in [9.17, 15) is 4.79 Å². The number of piperidine rings is 3. The first-order valence-electron chi connectivity index (χ1n) is 11.8. The number of methoxy groups -OCH3 is 1. The van der Waals surface area contributed by atoms with E-state index in [0.717, 1.165) is 52.5 Å². The minimum atomic E-state index is -0.0358. The van der Waals surface area contributed by atoms with Crippen LogP contribution in [0.5, 0.6) is 5.75 Å². The zero-order valence-electron chi connectivity index (χ0n) is 19.5. The van der Waals surface area contributed by atoms with Gasteiger partial charge in [-0.15, -0.1) is 0 Å². The van der Waals surface area contributed by atoms with Crippen LogP contribution in [0.25, 0.3) is 11.3 Å². The second-order valence-corrected chi connectivity index (χ2v) is 10.0. The Hall–Kier alpha value is -2.77. The Kier molecular flexibility index (Phi) is 6.66. The Morgan fingerprint density at radius 1 is 1.18 bits per heavy atom. The molecule has 7 heteroatoms. The Balaban J connectivity index is 1.27. The van der Waals surface area contributed by atoms with Crippen LogP contribution >= 0.6 is 15.9 Å². The average molecular weight is 521 g/mol. The molecule has 3 aliphatic rings. The van der Waals surface area contributed by atoms with Crippen molar-refractivity contribution in [1.82, 2.24) is 20.2 Å². The Bertz CT molecular complexity index is 1180. The smallest absolute Gasteiger partial charge is 0.251 e. The van der Waals surface area contributed by atoms with Crippen molar-refractivity contribution in [3.63, 3.8) is 0 Å². The molecule has 1 N–H and O–H groups in total. The molecule has 3 fully saturated rings. The minimum Gasteiger partial charge on any atom is -0.497 e. The fourth-order valence-corrected chi connectivity index (χ4v) is 5.82. The summed E-state index contributed by atoms with van der Waals surface area (Å²) in [4.78, 5) is 24.7. The number of halogens is 1. The summed E-state index contributed by atoms with van der Waals surface area (Å²) in [5, 5.41) is 3.14. The van der Waals surface area contributed by atoms with Gasteiger partial charge in [0, 0.05) is 46.3 Å². The summed E-state index contributed by atoms with van der Waals surface area (Å²) < 4.78 is 6.22. The predicted molar refractivity (Wildman–Crippen MR) is 136 cm³/mol. The maximum Gasteiger partial charge on any atom is 0.251 e. The van der Waals surface area contributed by atoms with E-state index in [2.05, 4.69) is 38.3 Å². The average Bonchev–Trinajstić information content (AvgIpc) is 2.87. The lowest BCUT2D eigenvalue weighted by Gasteiger charge is -2.49. The molecule has 3 saturated heterocycles. The highest BCUT2D eigenvalue weighted by Gasteiger charge is 2.41. The van der Waals surface area contributed by atoms with E-state index < -0.39 is 0 Å². The lowest BCUT2D eigenvalue weighted by Crippen LogP contribution is -2.56. The summed E-state index contributed by atoms with van der Waals surface area (Å²) >= 11 is 3.66. The lowest BCUT2D eigenvalue weighted by molar-refractivity contribution is 0.0290. The van der Waals surface area contributed by atoms with Gasteiger partial charge in [-0.05, 0) is 68.6 Å². The van der Waals surface area contributed by atoms with Gasteiger partial charge in [-0.2, -0.15) is 0 Å². The van der Waals surface area contributed by atoms with Gasteiger partial charge in [0.15, 0.2) is 0 Å². The first kappa shape index (κ1) is 23.0. The Morgan fingerprint density at radius 3 is 2.68 bits per heavy atom. The monoisotopic (exact) mass is 520 g/mol. The standard InChI is InChI=1S/C27H29BrN4O2/c1-17-30-25(22-5-3-4-6-24(22)28)14-26(31-17)23-16-32-12-11-19(23)13-20(32)15-29-27(33)18-7-9-21(34-2)10-8-18/h3-10,14,19-20,23H,11-13,15-16H2,1-2H3,(H,29,33)/t19-,20+,23+/m0/s1. The highest BCUT2D eigenvalue weighted by molar-refractivity contribution is 9.10. The van der Waals surface area contributed by atoms with Crippen molar-refractivity contribution in [3.05, 3.63) is 76.2 Å². The molecule has 1 unspecified atom stereocenters. The number of benzene rings is 2. The molecule has 2 bridgehead atoms. The van der Waals surface area contributed by atoms with Gasteiger partial charge in [0.1, 0.15) is 11.6 Å². The van der Waals surface area contributed by atoms with Crippen LogP contribution in [0.1, 0.15) is 40.6 Å². The molecule has 6 nitrogen and oxygen atoms in total. The molecule has 1 aromatic heterocycles. The molecule has 0 saturated carbocycles. The van der Waals surface area contributed by atoms with Gasteiger partial charge >= 0.3 is 0 Å². The molecular formula is C27H29BrN4O2. The number of amides is 1. The molecule has 176 valence electrons. The fourth-order valence-electron chi connectivity index (χ4n) is 5.33. The van der Waals surface area contributed by atoms with E-state index in [4.69, 9.17) is 14.7 Å².